The van der Waals surface area contributed by atoms with E-state index in [1.54, 1.807) is 18.2 Å². The molecule has 0 radical (unpaired) electrons. The zero-order chi connectivity index (χ0) is 20.3. The van der Waals surface area contributed by atoms with Gasteiger partial charge in [0, 0.05) is 17.7 Å². The molecule has 2 amide bonds. The molecule has 2 heterocycles. The van der Waals surface area contributed by atoms with Crippen molar-refractivity contribution in [1.29, 1.82) is 0 Å². The third kappa shape index (κ3) is 2.63. The van der Waals surface area contributed by atoms with Gasteiger partial charge in [0.15, 0.2) is 0 Å². The first kappa shape index (κ1) is 17.5. The fourth-order valence-electron chi connectivity index (χ4n) is 4.67. The molecule has 0 unspecified atom stereocenters. The first-order chi connectivity index (χ1) is 13.9. The summed E-state index contributed by atoms with van der Waals surface area (Å²) in [6.07, 6.45) is 6.27. The van der Waals surface area contributed by atoms with Crippen LogP contribution in [0.3, 0.4) is 0 Å². The normalized spacial score (nSPS) is 27.4. The lowest BCUT2D eigenvalue weighted by Gasteiger charge is -2.13. The van der Waals surface area contributed by atoms with Gasteiger partial charge in [0.05, 0.1) is 23.0 Å². The van der Waals surface area contributed by atoms with Gasteiger partial charge in [0.25, 0.3) is 17.5 Å². The molecule has 4 atom stereocenters. The van der Waals surface area contributed by atoms with Crippen molar-refractivity contribution in [2.75, 3.05) is 0 Å². The van der Waals surface area contributed by atoms with E-state index in [1.165, 1.54) is 18.3 Å². The first-order valence-corrected chi connectivity index (χ1v) is 9.39. The summed E-state index contributed by atoms with van der Waals surface area (Å²) in [6, 6.07) is 7.88. The Kier molecular flexibility index (Phi) is 3.77. The molecule has 0 N–H and O–H groups in total. The Morgan fingerprint density at radius 3 is 2.48 bits per heavy atom. The van der Waals surface area contributed by atoms with Crippen LogP contribution in [0.4, 0.5) is 5.69 Å². The van der Waals surface area contributed by atoms with Crippen LogP contribution in [0.2, 0.25) is 0 Å². The molecule has 2 aromatic rings. The predicted octanol–water partition coefficient (Wildman–Crippen LogP) is 3.30. The van der Waals surface area contributed by atoms with Gasteiger partial charge in [-0.05, 0) is 42.9 Å². The quantitative estimate of drug-likeness (QED) is 0.261. The Morgan fingerprint density at radius 1 is 1.14 bits per heavy atom. The van der Waals surface area contributed by atoms with E-state index in [0.717, 1.165) is 17.0 Å². The molecule has 8 nitrogen and oxygen atoms in total. The number of fused-ring (bicyclic) bond motifs is 5. The molecule has 1 saturated heterocycles. The minimum atomic E-state index is -0.461. The summed E-state index contributed by atoms with van der Waals surface area (Å²) in [5, 5.41) is 16.1. The van der Waals surface area contributed by atoms with Crippen LogP contribution in [0.1, 0.15) is 17.7 Å². The van der Waals surface area contributed by atoms with Crippen LogP contribution >= 0.6 is 0 Å². The van der Waals surface area contributed by atoms with Crippen LogP contribution in [0, 0.1) is 40.7 Å². The summed E-state index contributed by atoms with van der Waals surface area (Å²) in [6.45, 7) is 1.83. The SMILES string of the molecule is Cc1ccc([N+](=O)[O-])cc1-c1ccc(/C=N\N2C(=O)[C@@H]3[C@@H](C2=O)[C@@H]2C=C[C@@H]3C2)o1. The van der Waals surface area contributed by atoms with Crippen LogP contribution in [0.25, 0.3) is 11.3 Å². The molecular weight excluding hydrogens is 374 g/mol. The zero-order valence-corrected chi connectivity index (χ0v) is 15.5. The van der Waals surface area contributed by atoms with Gasteiger partial charge in [-0.1, -0.05) is 18.2 Å². The summed E-state index contributed by atoms with van der Waals surface area (Å²) in [5.41, 5.74) is 1.40. The van der Waals surface area contributed by atoms with Gasteiger partial charge in [-0.2, -0.15) is 10.1 Å². The standard InChI is InChI=1S/C21H17N3O5/c1-11-2-5-14(24(27)28)9-16(11)17-7-6-15(29-17)10-22-23-20(25)18-12-3-4-13(8-12)19(18)21(23)26/h2-7,9-10,12-13,18-19H,8H2,1H3/b22-10-/t12-,13-,18+,19+/m1/s1. The fourth-order valence-corrected chi connectivity index (χ4v) is 4.67. The zero-order valence-electron chi connectivity index (χ0n) is 15.5. The van der Waals surface area contributed by atoms with E-state index in [2.05, 4.69) is 5.10 Å². The monoisotopic (exact) mass is 391 g/mol. The number of carbonyl (C=O) groups is 2. The number of aryl methyl sites for hydroxylation is 1. The van der Waals surface area contributed by atoms with Crippen LogP contribution in [0.15, 0.2) is 52.0 Å². The van der Waals surface area contributed by atoms with Gasteiger partial charge in [0.1, 0.15) is 11.5 Å². The minimum Gasteiger partial charge on any atom is -0.455 e. The summed E-state index contributed by atoms with van der Waals surface area (Å²) >= 11 is 0. The molecule has 3 aliphatic rings. The number of furan rings is 1. The second-order valence-electron chi connectivity index (χ2n) is 7.69. The van der Waals surface area contributed by atoms with E-state index in [4.69, 9.17) is 4.42 Å². The second kappa shape index (κ2) is 6.23. The number of nitro benzene ring substituents is 1. The fraction of sp³-hybridized carbons (Fsp3) is 0.286. The summed E-state index contributed by atoms with van der Waals surface area (Å²) in [5.74, 6) is -0.0367. The van der Waals surface area contributed by atoms with Gasteiger partial charge < -0.3 is 4.42 Å². The van der Waals surface area contributed by atoms with E-state index < -0.39 is 4.92 Å². The Balaban J connectivity index is 1.38. The van der Waals surface area contributed by atoms with Gasteiger partial charge >= 0.3 is 0 Å². The lowest BCUT2D eigenvalue weighted by Crippen LogP contribution is -2.28. The van der Waals surface area contributed by atoms with Crippen molar-refractivity contribution >= 4 is 23.7 Å². The van der Waals surface area contributed by atoms with Gasteiger partial charge in [0.2, 0.25) is 0 Å². The molecule has 1 aliphatic heterocycles. The Labute approximate surface area is 165 Å². The summed E-state index contributed by atoms with van der Waals surface area (Å²) in [7, 11) is 0. The predicted molar refractivity (Wildman–Crippen MR) is 103 cm³/mol. The molecule has 2 bridgehead atoms. The maximum atomic E-state index is 12.6. The molecular formula is C21H17N3O5. The van der Waals surface area contributed by atoms with E-state index in [0.29, 0.717) is 17.1 Å². The van der Waals surface area contributed by atoms with E-state index >= 15 is 0 Å². The highest BCUT2D eigenvalue weighted by molar-refractivity contribution is 6.06. The molecule has 1 aromatic carbocycles. The molecule has 5 rings (SSSR count). The van der Waals surface area contributed by atoms with Crippen molar-refractivity contribution in [2.24, 2.45) is 28.8 Å². The minimum absolute atomic E-state index is 0.0275. The molecule has 1 aromatic heterocycles. The number of nitrogens with zero attached hydrogens (tertiary/aromatic N) is 3. The van der Waals surface area contributed by atoms with Crippen molar-refractivity contribution in [1.82, 2.24) is 5.01 Å². The summed E-state index contributed by atoms with van der Waals surface area (Å²) < 4.78 is 5.73. The van der Waals surface area contributed by atoms with Crippen molar-refractivity contribution in [3.05, 3.63) is 63.9 Å². The maximum Gasteiger partial charge on any atom is 0.270 e. The number of nitro groups is 1. The lowest BCUT2D eigenvalue weighted by molar-refractivity contribution is -0.384. The third-order valence-corrected chi connectivity index (χ3v) is 6.07. The van der Waals surface area contributed by atoms with Gasteiger partial charge in [-0.15, -0.1) is 0 Å². The Hall–Kier alpha value is -3.55. The average Bonchev–Trinajstić information content (AvgIpc) is 3.46. The van der Waals surface area contributed by atoms with Crippen molar-refractivity contribution in [3.63, 3.8) is 0 Å². The smallest absolute Gasteiger partial charge is 0.270 e. The van der Waals surface area contributed by atoms with E-state index in [9.17, 15) is 19.7 Å². The van der Waals surface area contributed by atoms with Gasteiger partial charge in [-0.25, -0.2) is 0 Å². The Morgan fingerprint density at radius 2 is 1.83 bits per heavy atom. The lowest BCUT2D eigenvalue weighted by atomic mass is 9.85. The maximum absolute atomic E-state index is 12.6. The van der Waals surface area contributed by atoms with Crippen molar-refractivity contribution < 1.29 is 18.9 Å². The highest BCUT2D eigenvalue weighted by Crippen LogP contribution is 2.52. The van der Waals surface area contributed by atoms with Crippen LogP contribution in [-0.4, -0.2) is 28.0 Å². The number of benzene rings is 1. The number of allylic oxidation sites excluding steroid dienone is 2. The average molecular weight is 391 g/mol. The molecule has 29 heavy (non-hydrogen) atoms. The summed E-state index contributed by atoms with van der Waals surface area (Å²) in [4.78, 5) is 35.9. The molecule has 1 saturated carbocycles. The van der Waals surface area contributed by atoms with E-state index in [-0.39, 0.29) is 41.2 Å². The highest BCUT2D eigenvalue weighted by atomic mass is 16.6. The number of hydrazone groups is 1. The molecule has 146 valence electrons. The number of imide groups is 1. The molecule has 0 spiro atoms. The number of non-ortho nitro benzene ring substituents is 1. The van der Waals surface area contributed by atoms with E-state index in [1.807, 2.05) is 19.1 Å². The topological polar surface area (TPSA) is 106 Å². The van der Waals surface area contributed by atoms with Gasteiger partial charge in [-0.3, -0.25) is 19.7 Å². The van der Waals surface area contributed by atoms with Crippen molar-refractivity contribution in [2.45, 2.75) is 13.3 Å². The first-order valence-electron chi connectivity index (χ1n) is 9.39. The molecule has 2 fully saturated rings. The number of carbonyl (C=O) groups excluding carboxylic acids is 2. The van der Waals surface area contributed by atoms with Crippen LogP contribution in [-0.2, 0) is 9.59 Å². The largest absolute Gasteiger partial charge is 0.455 e. The Bertz CT molecular complexity index is 1090. The number of hydrogen-bond acceptors (Lipinski definition) is 6. The third-order valence-electron chi connectivity index (χ3n) is 6.07. The van der Waals surface area contributed by atoms with Crippen molar-refractivity contribution in [3.8, 4) is 11.3 Å². The second-order valence-corrected chi connectivity index (χ2v) is 7.69. The molecule has 2 aliphatic carbocycles. The molecule has 8 heteroatoms. The highest BCUT2D eigenvalue weighted by Gasteiger charge is 2.59. The number of hydrogen-bond donors (Lipinski definition) is 0. The number of rotatable bonds is 4. The number of amides is 2. The van der Waals surface area contributed by atoms with Crippen LogP contribution in [0.5, 0.6) is 0 Å². The van der Waals surface area contributed by atoms with Crippen LogP contribution < -0.4 is 0 Å².